The fourth-order valence-electron chi connectivity index (χ4n) is 6.97. The quantitative estimate of drug-likeness (QED) is 0.295. The Morgan fingerprint density at radius 3 is 2.08 bits per heavy atom. The summed E-state index contributed by atoms with van der Waals surface area (Å²) in [6.07, 6.45) is 2.36. The number of para-hydroxylation sites is 1. The Morgan fingerprint density at radius 1 is 0.769 bits per heavy atom. The number of rotatable bonds is 2. The first-order chi connectivity index (χ1) is 17.7. The Bertz CT molecular complexity index is 1600. The fraction of sp³-hybridized carbons (Fsp3) is 0.235. The largest absolute Gasteiger partial charge is 1.00 e. The molecule has 4 aliphatic rings. The zero-order valence-corrected chi connectivity index (χ0v) is 28.4. The minimum Gasteiger partial charge on any atom is -1.00 e. The van der Waals surface area contributed by atoms with Gasteiger partial charge in [0.15, 0.2) is 0 Å². The molecule has 0 radical (unpaired) electrons. The number of hydrogen-bond acceptors (Lipinski definition) is 0. The van der Waals surface area contributed by atoms with Crippen molar-refractivity contribution in [3.8, 4) is 16.8 Å². The van der Waals surface area contributed by atoms with Crippen LogP contribution in [0.2, 0.25) is 13.1 Å². The number of benzene rings is 3. The number of fused-ring (bicyclic) bond motifs is 1. The fourth-order valence-corrected chi connectivity index (χ4v) is 12.1. The van der Waals surface area contributed by atoms with Crippen molar-refractivity contribution in [3.63, 3.8) is 0 Å². The third kappa shape index (κ3) is 4.74. The summed E-state index contributed by atoms with van der Waals surface area (Å²) in [6.45, 7) is 14.0. The summed E-state index contributed by atoms with van der Waals surface area (Å²) in [5, 5.41) is 1.73. The molecule has 2 aliphatic heterocycles. The molecule has 197 valence electrons. The summed E-state index contributed by atoms with van der Waals surface area (Å²) in [7, 11) is -1.19. The molecule has 5 heteroatoms. The molecular formula is C34H34Cl2NSiZr. The van der Waals surface area contributed by atoms with Gasteiger partial charge in [0.2, 0.25) is 0 Å². The van der Waals surface area contributed by atoms with Gasteiger partial charge in [0.05, 0.1) is 8.07 Å². The molecule has 0 saturated heterocycles. The molecule has 0 amide bonds. The molecule has 39 heavy (non-hydrogen) atoms. The number of aromatic nitrogens is 1. The topological polar surface area (TPSA) is 4.93 Å². The molecule has 0 fully saturated rings. The SMILES string of the molecule is CC1=C2c3cc(C)n(-c4ccccc4)c3C1[Si]2(C)C.CC1=Cc2c(-c3ccc(C)cc3)cccc2[CH]1[Zr+2].[Cl-].[Cl-]. The van der Waals surface area contributed by atoms with Crippen LogP contribution >= 0.6 is 0 Å². The molecule has 3 aromatic carbocycles. The maximum atomic E-state index is 2.52. The van der Waals surface area contributed by atoms with Crippen molar-refractivity contribution in [2.75, 3.05) is 0 Å². The molecule has 2 unspecified atom stereocenters. The molecular weight excluding hydrogens is 613 g/mol. The van der Waals surface area contributed by atoms with Crippen LogP contribution in [0, 0.1) is 13.8 Å². The summed E-state index contributed by atoms with van der Waals surface area (Å²) in [5.41, 5.74) is 16.7. The van der Waals surface area contributed by atoms with Crippen molar-refractivity contribution in [2.45, 2.75) is 50.0 Å². The second kappa shape index (κ2) is 11.2. The van der Waals surface area contributed by atoms with Crippen LogP contribution in [0.5, 0.6) is 0 Å². The third-order valence-corrected chi connectivity index (χ3v) is 14.6. The number of hydrogen-bond donors (Lipinski definition) is 0. The number of halogens is 2. The van der Waals surface area contributed by atoms with E-state index in [-0.39, 0.29) is 24.8 Å². The van der Waals surface area contributed by atoms with E-state index in [4.69, 9.17) is 0 Å². The molecule has 0 saturated carbocycles. The number of nitrogens with zero attached hydrogens (tertiary/aromatic N) is 1. The van der Waals surface area contributed by atoms with Crippen LogP contribution in [0.25, 0.3) is 28.1 Å². The van der Waals surface area contributed by atoms with Gasteiger partial charge in [-0.3, -0.25) is 0 Å². The molecule has 4 aromatic rings. The van der Waals surface area contributed by atoms with Crippen molar-refractivity contribution in [1.82, 2.24) is 4.57 Å². The van der Waals surface area contributed by atoms with Gasteiger partial charge in [0, 0.05) is 22.6 Å². The van der Waals surface area contributed by atoms with E-state index in [0.29, 0.717) is 3.63 Å². The average Bonchev–Trinajstić information content (AvgIpc) is 3.53. The van der Waals surface area contributed by atoms with Gasteiger partial charge in [-0.1, -0.05) is 42.1 Å². The van der Waals surface area contributed by atoms with Crippen molar-refractivity contribution in [2.24, 2.45) is 0 Å². The van der Waals surface area contributed by atoms with Gasteiger partial charge in [-0.25, -0.2) is 0 Å². The van der Waals surface area contributed by atoms with Crippen LogP contribution in [0.1, 0.15) is 56.7 Å². The van der Waals surface area contributed by atoms with Crippen LogP contribution in [-0.4, -0.2) is 12.6 Å². The second-order valence-corrected chi connectivity index (χ2v) is 17.4. The summed E-state index contributed by atoms with van der Waals surface area (Å²) >= 11 is 1.59. The Hall–Kier alpha value is -1.90. The van der Waals surface area contributed by atoms with E-state index in [1.807, 2.05) is 0 Å². The molecule has 1 aromatic heterocycles. The number of aryl methyl sites for hydroxylation is 2. The molecule has 0 spiro atoms. The van der Waals surface area contributed by atoms with Crippen molar-refractivity contribution in [3.05, 3.63) is 124 Å². The van der Waals surface area contributed by atoms with E-state index in [9.17, 15) is 0 Å². The van der Waals surface area contributed by atoms with Crippen LogP contribution in [0.15, 0.2) is 90.0 Å². The third-order valence-electron chi connectivity index (χ3n) is 8.61. The molecule has 1 nitrogen and oxygen atoms in total. The van der Waals surface area contributed by atoms with E-state index >= 15 is 0 Å². The van der Waals surface area contributed by atoms with E-state index in [0.717, 1.165) is 5.54 Å². The van der Waals surface area contributed by atoms with Crippen molar-refractivity contribution >= 4 is 19.3 Å². The smallest absolute Gasteiger partial charge is 1.00 e. The zero-order valence-electron chi connectivity index (χ0n) is 23.4. The van der Waals surface area contributed by atoms with Crippen LogP contribution in [-0.2, 0) is 24.7 Å². The summed E-state index contributed by atoms with van der Waals surface area (Å²) in [4.78, 5) is 0. The van der Waals surface area contributed by atoms with E-state index < -0.39 is 8.07 Å². The summed E-state index contributed by atoms with van der Waals surface area (Å²) in [6, 6.07) is 28.7. The first-order valence-electron chi connectivity index (χ1n) is 13.3. The average molecular weight is 647 g/mol. The van der Waals surface area contributed by atoms with E-state index in [1.165, 1.54) is 44.8 Å². The zero-order chi connectivity index (χ0) is 26.1. The second-order valence-electron chi connectivity index (χ2n) is 11.5. The Labute approximate surface area is 262 Å². The summed E-state index contributed by atoms with van der Waals surface area (Å²) < 4.78 is 3.13. The molecule has 8 rings (SSSR count). The molecule has 0 N–H and O–H groups in total. The van der Waals surface area contributed by atoms with Gasteiger partial charge in [-0.15, -0.1) is 0 Å². The predicted molar refractivity (Wildman–Crippen MR) is 156 cm³/mol. The van der Waals surface area contributed by atoms with E-state index in [2.05, 4.69) is 130 Å². The Balaban J connectivity index is 0.000000172. The monoisotopic (exact) mass is 644 g/mol. The van der Waals surface area contributed by atoms with Gasteiger partial charge in [-0.2, -0.15) is 0 Å². The maximum Gasteiger partial charge on any atom is -1.00 e. The first kappa shape index (κ1) is 30.1. The minimum absolute atomic E-state index is 0. The molecule has 2 bridgehead atoms. The maximum absolute atomic E-state index is 2.52. The normalized spacial score (nSPS) is 19.0. The van der Waals surface area contributed by atoms with E-state index in [1.54, 1.807) is 46.7 Å². The molecule has 2 atom stereocenters. The van der Waals surface area contributed by atoms with Gasteiger partial charge < -0.3 is 29.4 Å². The Morgan fingerprint density at radius 2 is 1.44 bits per heavy atom. The van der Waals surface area contributed by atoms with Crippen LogP contribution in [0.4, 0.5) is 0 Å². The molecule has 3 heterocycles. The predicted octanol–water partition coefficient (Wildman–Crippen LogP) is 3.13. The van der Waals surface area contributed by atoms with Gasteiger partial charge >= 0.3 is 124 Å². The van der Waals surface area contributed by atoms with Crippen LogP contribution in [0.3, 0.4) is 0 Å². The number of allylic oxidation sites excluding steroid dienone is 2. The van der Waals surface area contributed by atoms with Crippen LogP contribution < -0.4 is 24.8 Å². The van der Waals surface area contributed by atoms with Gasteiger partial charge in [0.25, 0.3) is 0 Å². The van der Waals surface area contributed by atoms with Crippen molar-refractivity contribution in [1.29, 1.82) is 0 Å². The first-order valence-corrected chi connectivity index (χ1v) is 17.8. The molecule has 2 aliphatic carbocycles. The van der Waals surface area contributed by atoms with Gasteiger partial charge in [0.1, 0.15) is 0 Å². The minimum atomic E-state index is -1.19. The van der Waals surface area contributed by atoms with Crippen molar-refractivity contribution < 1.29 is 49.5 Å². The van der Waals surface area contributed by atoms with Gasteiger partial charge in [-0.05, 0) is 37.6 Å². The standard InChI is InChI=1S/C17H19NSi.C17H15.2ClH.Zr/c1-11-10-14-15(17-12(2)16(14)19(17,3)4)18(11)13-8-6-5-7-9-13;1-12-6-8-14(9-7-12)16-5-3-4-15-10-13(2)11-17(15)16;;;/h5-10,17H,1-4H3;3-11H,1-2H3;2*1H;/q;;;;+2/p-2. The summed E-state index contributed by atoms with van der Waals surface area (Å²) in [5.74, 6) is 0. The Kier molecular flexibility index (Phi) is 8.61.